The van der Waals surface area contributed by atoms with Crippen molar-refractivity contribution in [2.75, 3.05) is 19.8 Å². The first-order valence-corrected chi connectivity index (χ1v) is 16.9. The first-order chi connectivity index (χ1) is 23.7. The van der Waals surface area contributed by atoms with Crippen molar-refractivity contribution >= 4 is 35.4 Å². The van der Waals surface area contributed by atoms with Gasteiger partial charge in [0.05, 0.1) is 26.2 Å². The van der Waals surface area contributed by atoms with E-state index in [1.165, 1.54) is 6.07 Å². The number of rotatable bonds is 19. The predicted molar refractivity (Wildman–Crippen MR) is 188 cm³/mol. The molecule has 0 atom stereocenters. The Morgan fingerprint density at radius 2 is 1.76 bits per heavy atom. The van der Waals surface area contributed by atoms with Gasteiger partial charge in [-0.3, -0.25) is 14.4 Å². The van der Waals surface area contributed by atoms with E-state index in [1.807, 2.05) is 0 Å². The molecule has 3 N–H and O–H groups in total. The summed E-state index contributed by atoms with van der Waals surface area (Å²) in [6.45, 7) is 8.22. The van der Waals surface area contributed by atoms with E-state index in [0.29, 0.717) is 46.9 Å². The third kappa shape index (κ3) is 10.3. The van der Waals surface area contributed by atoms with Crippen LogP contribution in [0.5, 0.6) is 0 Å². The van der Waals surface area contributed by atoms with Gasteiger partial charge in [-0.25, -0.2) is 9.78 Å². The number of carbonyl (C=O) groups is 4. The molecule has 1 aliphatic rings. The van der Waals surface area contributed by atoms with Crippen LogP contribution in [0.3, 0.4) is 0 Å². The van der Waals surface area contributed by atoms with E-state index in [9.17, 15) is 24.3 Å². The molecule has 49 heavy (non-hydrogen) atoms. The van der Waals surface area contributed by atoms with E-state index in [4.69, 9.17) is 14.9 Å². The molecule has 10 nitrogen and oxygen atoms in total. The summed E-state index contributed by atoms with van der Waals surface area (Å²) < 4.78 is 10.6. The molecule has 0 radical (unpaired) electrons. The second kappa shape index (κ2) is 18.0. The van der Waals surface area contributed by atoms with Gasteiger partial charge in [0.2, 0.25) is 0 Å². The van der Waals surface area contributed by atoms with Crippen molar-refractivity contribution in [2.24, 2.45) is 5.92 Å². The molecule has 1 amide bonds. The van der Waals surface area contributed by atoms with Gasteiger partial charge in [-0.15, -0.1) is 0 Å². The number of ketones is 1. The smallest absolute Gasteiger partial charge is 0.357 e. The minimum Gasteiger partial charge on any atom is -0.465 e. The van der Waals surface area contributed by atoms with E-state index >= 15 is 0 Å². The average Bonchev–Trinajstić information content (AvgIpc) is 3.94. The lowest BCUT2D eigenvalue weighted by Gasteiger charge is -2.17. The topological polar surface area (TPSA) is 156 Å². The van der Waals surface area contributed by atoms with Crippen molar-refractivity contribution in [3.05, 3.63) is 94.3 Å². The highest BCUT2D eigenvalue weighted by molar-refractivity contribution is 6.08. The molecule has 1 aromatic heterocycles. The number of aromatic nitrogens is 1. The molecule has 2 aromatic carbocycles. The maximum Gasteiger partial charge on any atom is 0.357 e. The number of aliphatic hydroxyl groups excluding tert-OH is 1. The number of hydrogen-bond donors (Lipinski definition) is 3. The van der Waals surface area contributed by atoms with Crippen molar-refractivity contribution in [1.29, 1.82) is 5.41 Å². The van der Waals surface area contributed by atoms with Crippen LogP contribution in [-0.2, 0) is 27.3 Å². The number of pyridine rings is 1. The fraction of sp³-hybridized carbons (Fsp3) is 0.385. The highest BCUT2D eigenvalue weighted by Gasteiger charge is 2.26. The van der Waals surface area contributed by atoms with Crippen LogP contribution in [0.1, 0.15) is 112 Å². The van der Waals surface area contributed by atoms with Crippen molar-refractivity contribution in [3.8, 4) is 11.1 Å². The maximum atomic E-state index is 13.9. The zero-order valence-corrected chi connectivity index (χ0v) is 28.3. The van der Waals surface area contributed by atoms with Gasteiger partial charge in [0.15, 0.2) is 11.5 Å². The molecule has 1 heterocycles. The predicted octanol–water partition coefficient (Wildman–Crippen LogP) is 6.51. The van der Waals surface area contributed by atoms with Crippen LogP contribution in [0.4, 0.5) is 0 Å². The van der Waals surface area contributed by atoms with Gasteiger partial charge >= 0.3 is 11.9 Å². The Morgan fingerprint density at radius 1 is 1.00 bits per heavy atom. The standard InChI is InChI=1S/C39H45N3O7/c1-4-7-8-9-18-49-36(45)22-33(40)28-14-12-25(13-15-28)19-35(44)32-20-27(5-2)29(24-43)21-31(32)30-16-17-34(38(46)41-23-26-10-11-26)42-37(30)39(47)48-6-3/h5,12-17,20-21,26,40,43H,2,4,6-11,18-19,22-24H2,1,3H3,(H,41,46). The molecule has 0 saturated heterocycles. The van der Waals surface area contributed by atoms with Crippen molar-refractivity contribution in [3.63, 3.8) is 0 Å². The van der Waals surface area contributed by atoms with Crippen LogP contribution in [0.15, 0.2) is 55.1 Å². The molecule has 10 heteroatoms. The summed E-state index contributed by atoms with van der Waals surface area (Å²) in [5.74, 6) is -1.42. The minimum atomic E-state index is -0.746. The van der Waals surface area contributed by atoms with Crippen LogP contribution in [0.25, 0.3) is 17.2 Å². The molecular formula is C39H45N3O7. The number of amides is 1. The Labute approximate surface area is 287 Å². The number of unbranched alkanes of at least 4 members (excludes halogenated alkanes) is 3. The van der Waals surface area contributed by atoms with Gasteiger partial charge in [0.1, 0.15) is 5.69 Å². The highest BCUT2D eigenvalue weighted by Crippen LogP contribution is 2.32. The fourth-order valence-electron chi connectivity index (χ4n) is 5.37. The Balaban J connectivity index is 1.58. The second-order valence-corrected chi connectivity index (χ2v) is 12.2. The maximum absolute atomic E-state index is 13.9. The van der Waals surface area contributed by atoms with Gasteiger partial charge in [0, 0.05) is 29.8 Å². The quantitative estimate of drug-likeness (QED) is 0.0566. The first kappa shape index (κ1) is 36.9. The van der Waals surface area contributed by atoms with Crippen LogP contribution < -0.4 is 5.32 Å². The third-order valence-corrected chi connectivity index (χ3v) is 8.35. The van der Waals surface area contributed by atoms with Crippen LogP contribution in [-0.4, -0.2) is 59.2 Å². The number of carbonyl (C=O) groups excluding carboxylic acids is 4. The number of ether oxygens (including phenoxy) is 2. The molecule has 0 bridgehead atoms. The zero-order valence-electron chi connectivity index (χ0n) is 28.3. The van der Waals surface area contributed by atoms with Crippen molar-refractivity contribution in [1.82, 2.24) is 10.3 Å². The molecule has 0 aliphatic heterocycles. The summed E-state index contributed by atoms with van der Waals surface area (Å²) in [7, 11) is 0. The van der Waals surface area contributed by atoms with E-state index in [0.717, 1.165) is 38.5 Å². The van der Waals surface area contributed by atoms with E-state index < -0.39 is 17.8 Å². The molecule has 1 saturated carbocycles. The summed E-state index contributed by atoms with van der Waals surface area (Å²) >= 11 is 0. The highest BCUT2D eigenvalue weighted by atomic mass is 16.5. The Kier molecular flexibility index (Phi) is 13.5. The molecule has 1 aliphatic carbocycles. The molecule has 3 aromatic rings. The zero-order chi connectivity index (χ0) is 35.3. The number of nitrogens with one attached hydrogen (secondary N) is 2. The molecule has 0 unspecified atom stereocenters. The van der Waals surface area contributed by atoms with Crippen LogP contribution in [0.2, 0.25) is 0 Å². The summed E-state index contributed by atoms with van der Waals surface area (Å²) in [4.78, 5) is 56.6. The monoisotopic (exact) mass is 667 g/mol. The van der Waals surface area contributed by atoms with Gasteiger partial charge in [-0.1, -0.05) is 63.1 Å². The summed E-state index contributed by atoms with van der Waals surface area (Å²) in [6.07, 6.45) is 7.50. The molecule has 4 rings (SSSR count). The average molecular weight is 668 g/mol. The lowest BCUT2D eigenvalue weighted by Crippen LogP contribution is -2.27. The molecule has 1 fully saturated rings. The number of Topliss-reactive ketones (excluding diaryl/α,β-unsaturated/α-hetero) is 1. The SMILES string of the molecule is C=Cc1cc(C(=O)Cc2ccc(C(=N)CC(=O)OCCCCCC)cc2)c(-c2ccc(C(=O)NCC3CC3)nc2C(=O)OCC)cc1CO. The van der Waals surface area contributed by atoms with Crippen LogP contribution in [0, 0.1) is 11.3 Å². The Hall–Kier alpha value is -4.96. The fourth-order valence-corrected chi connectivity index (χ4v) is 5.37. The molecule has 258 valence electrons. The second-order valence-electron chi connectivity index (χ2n) is 12.2. The third-order valence-electron chi connectivity index (χ3n) is 8.35. The van der Waals surface area contributed by atoms with E-state index in [2.05, 4.69) is 23.8 Å². The minimum absolute atomic E-state index is 0.0146. The summed E-state index contributed by atoms with van der Waals surface area (Å²) in [5, 5.41) is 21.4. The lowest BCUT2D eigenvalue weighted by atomic mass is 9.89. The van der Waals surface area contributed by atoms with Crippen molar-refractivity contribution in [2.45, 2.75) is 71.8 Å². The molecule has 0 spiro atoms. The van der Waals surface area contributed by atoms with Gasteiger partial charge in [-0.2, -0.15) is 0 Å². The van der Waals surface area contributed by atoms with Gasteiger partial charge in [0.25, 0.3) is 5.91 Å². The number of aliphatic hydroxyl groups is 1. The van der Waals surface area contributed by atoms with E-state index in [-0.39, 0.29) is 60.1 Å². The lowest BCUT2D eigenvalue weighted by molar-refractivity contribution is -0.142. The number of benzene rings is 2. The van der Waals surface area contributed by atoms with E-state index in [1.54, 1.807) is 55.5 Å². The number of nitrogens with zero attached hydrogens (tertiary/aromatic N) is 1. The summed E-state index contributed by atoms with van der Waals surface area (Å²) in [5.41, 5.74) is 3.22. The Morgan fingerprint density at radius 3 is 2.41 bits per heavy atom. The normalized spacial score (nSPS) is 12.2. The Bertz CT molecular complexity index is 1690. The summed E-state index contributed by atoms with van der Waals surface area (Å²) in [6, 6.07) is 13.2. The first-order valence-electron chi connectivity index (χ1n) is 16.9. The largest absolute Gasteiger partial charge is 0.465 e. The van der Waals surface area contributed by atoms with Crippen molar-refractivity contribution < 1.29 is 33.8 Å². The van der Waals surface area contributed by atoms with Gasteiger partial charge < -0.3 is 25.3 Å². The van der Waals surface area contributed by atoms with Crippen LogP contribution >= 0.6 is 0 Å². The number of esters is 2. The molecular weight excluding hydrogens is 622 g/mol. The van der Waals surface area contributed by atoms with Gasteiger partial charge in [-0.05, 0) is 84.2 Å². The number of hydrogen-bond acceptors (Lipinski definition) is 9.